The van der Waals surface area contributed by atoms with Gasteiger partial charge in [0.25, 0.3) is 6.42 Å². The molecule has 1 aromatic rings. The number of fused-ring (bicyclic) bond motifs is 1. The molecule has 0 unspecified atom stereocenters. The molecule has 0 spiro atoms. The molecule has 0 bridgehead atoms. The van der Waals surface area contributed by atoms with Gasteiger partial charge in [0.05, 0.1) is 6.04 Å². The SMILES string of the molecule is CCCC[B-]1(CCCC)N(C2CCCCC2)C(=NC2CCCCC2)Nc2nccc[n+]21. The van der Waals surface area contributed by atoms with Gasteiger partial charge >= 0.3 is 5.95 Å². The number of guanidine groups is 1. The second-order valence-electron chi connectivity index (χ2n) is 10.3. The number of hydrogen-bond donors (Lipinski definition) is 1. The molecule has 2 saturated carbocycles. The van der Waals surface area contributed by atoms with Gasteiger partial charge in [0.2, 0.25) is 5.96 Å². The van der Waals surface area contributed by atoms with Crippen LogP contribution in [0.3, 0.4) is 0 Å². The number of nitrogens with zero attached hydrogens (tertiary/aromatic N) is 4. The van der Waals surface area contributed by atoms with Crippen LogP contribution in [0, 0.1) is 0 Å². The smallest absolute Gasteiger partial charge is 0.354 e. The Kier molecular flexibility index (Phi) is 7.89. The van der Waals surface area contributed by atoms with Crippen LogP contribution in [0.25, 0.3) is 0 Å². The summed E-state index contributed by atoms with van der Waals surface area (Å²) in [5, 5.41) is 3.74. The molecular formula is C25H44BN5. The fourth-order valence-corrected chi connectivity index (χ4v) is 6.56. The molecule has 0 saturated heterocycles. The van der Waals surface area contributed by atoms with Crippen LogP contribution in [0.1, 0.15) is 104 Å². The summed E-state index contributed by atoms with van der Waals surface area (Å²) in [6.07, 6.45) is 24.1. The average molecular weight is 425 g/mol. The van der Waals surface area contributed by atoms with Gasteiger partial charge in [-0.1, -0.05) is 83.0 Å². The van der Waals surface area contributed by atoms with Gasteiger partial charge in [-0.15, -0.1) is 12.6 Å². The summed E-state index contributed by atoms with van der Waals surface area (Å²) in [5.74, 6) is 2.17. The van der Waals surface area contributed by atoms with Crippen LogP contribution in [-0.2, 0) is 0 Å². The van der Waals surface area contributed by atoms with E-state index in [1.165, 1.54) is 103 Å². The minimum Gasteiger partial charge on any atom is -0.468 e. The zero-order valence-electron chi connectivity index (χ0n) is 20.1. The Morgan fingerprint density at radius 3 is 2.29 bits per heavy atom. The number of anilines is 1. The fourth-order valence-electron chi connectivity index (χ4n) is 6.56. The molecule has 0 amide bonds. The zero-order chi connectivity index (χ0) is 21.5. The molecule has 0 aromatic carbocycles. The van der Waals surface area contributed by atoms with E-state index in [1.54, 1.807) is 0 Å². The molecule has 1 aromatic heterocycles. The van der Waals surface area contributed by atoms with E-state index in [1.807, 2.05) is 6.20 Å². The van der Waals surface area contributed by atoms with E-state index in [2.05, 4.69) is 40.7 Å². The van der Waals surface area contributed by atoms with Crippen LogP contribution in [0.2, 0.25) is 12.6 Å². The maximum Gasteiger partial charge on any atom is 0.354 e. The van der Waals surface area contributed by atoms with Gasteiger partial charge in [0, 0.05) is 12.3 Å². The quantitative estimate of drug-likeness (QED) is 0.519. The van der Waals surface area contributed by atoms with E-state index >= 15 is 0 Å². The normalized spacial score (nSPS) is 23.5. The Labute approximate surface area is 190 Å². The molecule has 6 heteroatoms. The number of aliphatic imine (C=N–C) groups is 1. The zero-order valence-corrected chi connectivity index (χ0v) is 20.1. The Hall–Kier alpha value is -1.59. The van der Waals surface area contributed by atoms with Crippen molar-refractivity contribution >= 4 is 18.3 Å². The molecular weight excluding hydrogens is 381 g/mol. The van der Waals surface area contributed by atoms with Gasteiger partial charge < -0.3 is 9.29 Å². The molecule has 3 aliphatic rings. The summed E-state index contributed by atoms with van der Waals surface area (Å²) in [6, 6.07) is 3.21. The second kappa shape index (κ2) is 10.8. The predicted octanol–water partition coefficient (Wildman–Crippen LogP) is 6.01. The highest BCUT2D eigenvalue weighted by Crippen LogP contribution is 2.35. The summed E-state index contributed by atoms with van der Waals surface area (Å²) >= 11 is 0. The van der Waals surface area contributed by atoms with Crippen molar-refractivity contribution in [1.82, 2.24) is 9.79 Å². The third-order valence-electron chi connectivity index (χ3n) is 8.17. The lowest BCUT2D eigenvalue weighted by atomic mass is 9.37. The molecule has 1 aliphatic heterocycles. The molecule has 2 aliphatic carbocycles. The first-order valence-corrected chi connectivity index (χ1v) is 13.5. The standard InChI is InChI=1S/C25H44BN5/c1-3-5-18-26(19-6-4-2)30-21-13-20-27-24(30)29-25(28-22-14-9-7-10-15-22)31(26)23-16-11-8-12-17-23/h13,20-23H,3-12,14-19H2,1-2H3,(H,27,28,29). The number of hydrogen-bond acceptors (Lipinski definition) is 2. The van der Waals surface area contributed by atoms with Crippen LogP contribution in [-0.4, -0.2) is 34.3 Å². The van der Waals surface area contributed by atoms with E-state index in [9.17, 15) is 0 Å². The monoisotopic (exact) mass is 425 g/mol. The van der Waals surface area contributed by atoms with Gasteiger partial charge in [-0.25, -0.2) is 10.3 Å². The lowest BCUT2D eigenvalue weighted by molar-refractivity contribution is -0.545. The molecule has 1 N–H and O–H groups in total. The molecule has 4 rings (SSSR count). The third-order valence-corrected chi connectivity index (χ3v) is 8.17. The summed E-state index contributed by atoms with van der Waals surface area (Å²) in [5.41, 5.74) is 0. The first-order chi connectivity index (χ1) is 15.3. The summed E-state index contributed by atoms with van der Waals surface area (Å²) in [6.45, 7) is 4.67. The van der Waals surface area contributed by atoms with Gasteiger partial charge in [-0.3, -0.25) is 0 Å². The molecule has 172 valence electrons. The highest BCUT2D eigenvalue weighted by Gasteiger charge is 2.47. The molecule has 0 atom stereocenters. The average Bonchev–Trinajstić information content (AvgIpc) is 2.82. The van der Waals surface area contributed by atoms with Crippen molar-refractivity contribution in [3.8, 4) is 0 Å². The summed E-state index contributed by atoms with van der Waals surface area (Å²) < 4.78 is 2.54. The lowest BCUT2D eigenvalue weighted by Gasteiger charge is -2.57. The Morgan fingerprint density at radius 1 is 1.00 bits per heavy atom. The maximum absolute atomic E-state index is 5.46. The fraction of sp³-hybridized carbons (Fsp3) is 0.800. The topological polar surface area (TPSA) is 44.4 Å². The number of unbranched alkanes of at least 4 members (excludes halogenated alkanes) is 2. The Bertz CT molecular complexity index is 716. The van der Waals surface area contributed by atoms with E-state index < -0.39 is 6.42 Å². The van der Waals surface area contributed by atoms with E-state index in [0.29, 0.717) is 12.1 Å². The van der Waals surface area contributed by atoms with Crippen LogP contribution in [0.15, 0.2) is 23.5 Å². The van der Waals surface area contributed by atoms with Crippen molar-refractivity contribution in [2.75, 3.05) is 5.32 Å². The Balaban J connectivity index is 1.82. The van der Waals surface area contributed by atoms with E-state index in [4.69, 9.17) is 9.98 Å². The molecule has 31 heavy (non-hydrogen) atoms. The van der Waals surface area contributed by atoms with Crippen molar-refractivity contribution in [2.45, 2.75) is 128 Å². The highest BCUT2D eigenvalue weighted by molar-refractivity contribution is 6.72. The van der Waals surface area contributed by atoms with Gasteiger partial charge in [-0.2, -0.15) is 0 Å². The number of nitrogens with one attached hydrogen (secondary N) is 1. The van der Waals surface area contributed by atoms with Gasteiger partial charge in [0.1, 0.15) is 6.20 Å². The molecule has 5 nitrogen and oxygen atoms in total. The van der Waals surface area contributed by atoms with Crippen LogP contribution in [0.5, 0.6) is 0 Å². The molecule has 0 radical (unpaired) electrons. The van der Waals surface area contributed by atoms with E-state index in [0.717, 1.165) is 11.9 Å². The van der Waals surface area contributed by atoms with Crippen molar-refractivity contribution < 1.29 is 4.48 Å². The van der Waals surface area contributed by atoms with E-state index in [-0.39, 0.29) is 0 Å². The molecule has 2 fully saturated rings. The van der Waals surface area contributed by atoms with Crippen LogP contribution < -0.4 is 9.79 Å². The second-order valence-corrected chi connectivity index (χ2v) is 10.3. The van der Waals surface area contributed by atoms with Crippen molar-refractivity contribution in [3.63, 3.8) is 0 Å². The van der Waals surface area contributed by atoms with Gasteiger partial charge in [0.15, 0.2) is 0 Å². The number of rotatable bonds is 8. The first kappa shape index (κ1) is 22.6. The minimum atomic E-state index is -0.932. The third kappa shape index (κ3) is 4.93. The van der Waals surface area contributed by atoms with Crippen molar-refractivity contribution in [1.29, 1.82) is 0 Å². The van der Waals surface area contributed by atoms with Crippen LogP contribution in [0.4, 0.5) is 5.95 Å². The minimum absolute atomic E-state index is 0.475. The van der Waals surface area contributed by atoms with Crippen molar-refractivity contribution in [2.24, 2.45) is 4.99 Å². The highest BCUT2D eigenvalue weighted by atomic mass is 15.4. The first-order valence-electron chi connectivity index (χ1n) is 13.5. The van der Waals surface area contributed by atoms with Crippen molar-refractivity contribution in [3.05, 3.63) is 18.5 Å². The summed E-state index contributed by atoms with van der Waals surface area (Å²) in [7, 11) is 0. The Morgan fingerprint density at radius 2 is 1.65 bits per heavy atom. The summed E-state index contributed by atoms with van der Waals surface area (Å²) in [4.78, 5) is 13.1. The largest absolute Gasteiger partial charge is 0.468 e. The lowest BCUT2D eigenvalue weighted by Crippen LogP contribution is -2.81. The maximum atomic E-state index is 5.46. The molecule has 2 heterocycles. The van der Waals surface area contributed by atoms with Gasteiger partial charge in [-0.05, 0) is 31.7 Å². The number of aromatic nitrogens is 2. The predicted molar refractivity (Wildman–Crippen MR) is 132 cm³/mol. The van der Waals surface area contributed by atoms with Crippen LogP contribution >= 0.6 is 0 Å².